The van der Waals surface area contributed by atoms with E-state index in [1.807, 2.05) is 43.9 Å². The van der Waals surface area contributed by atoms with Crippen molar-refractivity contribution in [3.8, 4) is 0 Å². The van der Waals surface area contributed by atoms with Crippen LogP contribution in [0.2, 0.25) is 0 Å². The Kier molecular flexibility index (Phi) is 9.15. The highest BCUT2D eigenvalue weighted by Gasteiger charge is 2.26. The van der Waals surface area contributed by atoms with Crippen LogP contribution in [0.25, 0.3) is 0 Å². The molecule has 7 nitrogen and oxygen atoms in total. The number of ether oxygens (including phenoxy) is 1. The van der Waals surface area contributed by atoms with E-state index < -0.39 is 12.0 Å². The van der Waals surface area contributed by atoms with Gasteiger partial charge in [0, 0.05) is 44.7 Å². The van der Waals surface area contributed by atoms with Crippen LogP contribution >= 0.6 is 0 Å². The van der Waals surface area contributed by atoms with Crippen molar-refractivity contribution in [1.82, 2.24) is 10.2 Å². The monoisotopic (exact) mass is 417 g/mol. The highest BCUT2D eigenvalue weighted by atomic mass is 16.5. The summed E-state index contributed by atoms with van der Waals surface area (Å²) in [6.07, 6.45) is 1.06. The molecule has 2 amide bonds. The van der Waals surface area contributed by atoms with Gasteiger partial charge in [-0.2, -0.15) is 0 Å². The van der Waals surface area contributed by atoms with Gasteiger partial charge in [0.1, 0.15) is 6.04 Å². The fourth-order valence-electron chi connectivity index (χ4n) is 3.75. The van der Waals surface area contributed by atoms with Crippen molar-refractivity contribution in [2.24, 2.45) is 11.8 Å². The molecule has 1 aromatic carbocycles. The van der Waals surface area contributed by atoms with Crippen LogP contribution in [-0.2, 0) is 19.1 Å². The first-order chi connectivity index (χ1) is 14.3. The molecule has 7 heteroatoms. The second-order valence-corrected chi connectivity index (χ2v) is 8.49. The molecule has 1 aliphatic heterocycles. The number of carbonyl (C=O) groups excluding carboxylic acids is 3. The molecule has 1 aromatic rings. The topological polar surface area (TPSA) is 78.9 Å². The normalized spacial score (nSPS) is 16.2. The van der Waals surface area contributed by atoms with Crippen LogP contribution in [0.1, 0.15) is 40.0 Å². The molecule has 2 rings (SSSR count). The summed E-state index contributed by atoms with van der Waals surface area (Å²) in [6.45, 7) is 8.85. The van der Waals surface area contributed by atoms with Crippen molar-refractivity contribution in [3.63, 3.8) is 0 Å². The van der Waals surface area contributed by atoms with Crippen LogP contribution in [-0.4, -0.2) is 62.0 Å². The summed E-state index contributed by atoms with van der Waals surface area (Å²) >= 11 is 0. The van der Waals surface area contributed by atoms with Crippen LogP contribution in [0.15, 0.2) is 30.3 Å². The van der Waals surface area contributed by atoms with Crippen molar-refractivity contribution in [2.75, 3.05) is 38.2 Å². The van der Waals surface area contributed by atoms with Gasteiger partial charge in [0.05, 0.1) is 7.11 Å². The Morgan fingerprint density at radius 3 is 2.20 bits per heavy atom. The number of anilines is 1. The molecular weight excluding hydrogens is 382 g/mol. The zero-order valence-electron chi connectivity index (χ0n) is 18.6. The van der Waals surface area contributed by atoms with E-state index >= 15 is 0 Å². The highest BCUT2D eigenvalue weighted by Crippen LogP contribution is 2.17. The van der Waals surface area contributed by atoms with Crippen LogP contribution < -0.4 is 10.2 Å². The van der Waals surface area contributed by atoms with Crippen LogP contribution in [0.3, 0.4) is 0 Å². The number of benzene rings is 1. The molecule has 0 aliphatic carbocycles. The van der Waals surface area contributed by atoms with Gasteiger partial charge in [-0.05, 0) is 30.4 Å². The number of rotatable bonds is 9. The summed E-state index contributed by atoms with van der Waals surface area (Å²) in [6, 6.07) is 9.56. The van der Waals surface area contributed by atoms with Crippen molar-refractivity contribution in [2.45, 2.75) is 46.1 Å². The number of nitrogens with one attached hydrogen (secondary N) is 1. The number of amides is 2. The van der Waals surface area contributed by atoms with Crippen LogP contribution in [0.5, 0.6) is 0 Å². The summed E-state index contributed by atoms with van der Waals surface area (Å²) in [4.78, 5) is 41.1. The molecule has 1 saturated heterocycles. The van der Waals surface area contributed by atoms with Gasteiger partial charge in [-0.15, -0.1) is 0 Å². The van der Waals surface area contributed by atoms with Gasteiger partial charge in [-0.1, -0.05) is 39.0 Å². The molecule has 0 saturated carbocycles. The van der Waals surface area contributed by atoms with E-state index in [1.54, 1.807) is 0 Å². The predicted octanol–water partition coefficient (Wildman–Crippen LogP) is 2.46. The van der Waals surface area contributed by atoms with Crippen molar-refractivity contribution < 1.29 is 19.1 Å². The molecule has 1 N–H and O–H groups in total. The Bertz CT molecular complexity index is 700. The maximum Gasteiger partial charge on any atom is 0.328 e. The van der Waals surface area contributed by atoms with E-state index in [4.69, 9.17) is 4.74 Å². The summed E-state index contributed by atoms with van der Waals surface area (Å²) in [5.74, 6) is -0.419. The van der Waals surface area contributed by atoms with E-state index in [1.165, 1.54) is 12.8 Å². The zero-order valence-corrected chi connectivity index (χ0v) is 18.6. The summed E-state index contributed by atoms with van der Waals surface area (Å²) in [5.41, 5.74) is 1.18. The summed E-state index contributed by atoms with van der Waals surface area (Å²) < 4.78 is 4.79. The van der Waals surface area contributed by atoms with Crippen molar-refractivity contribution in [3.05, 3.63) is 30.3 Å². The maximum atomic E-state index is 12.7. The van der Waals surface area contributed by atoms with Gasteiger partial charge in [0.15, 0.2) is 0 Å². The average molecular weight is 418 g/mol. The van der Waals surface area contributed by atoms with Gasteiger partial charge >= 0.3 is 5.97 Å². The van der Waals surface area contributed by atoms with Crippen molar-refractivity contribution >= 4 is 23.5 Å². The standard InChI is InChI=1S/C23H35N3O4/c1-17(2)14-20(23(29)30-4)24-21(27)15-18(3)16-22(28)26-12-10-25(11-13-26)19-8-6-5-7-9-19/h5-9,17-18,20H,10-16H2,1-4H3,(H,24,27)/t18-,20-/m1/s1. The zero-order chi connectivity index (χ0) is 22.1. The fraction of sp³-hybridized carbons (Fsp3) is 0.609. The van der Waals surface area contributed by atoms with Gasteiger partial charge < -0.3 is 19.9 Å². The quantitative estimate of drug-likeness (QED) is 0.625. The van der Waals surface area contributed by atoms with E-state index in [-0.39, 0.29) is 30.1 Å². The first kappa shape index (κ1) is 23.7. The number of methoxy groups -OCH3 is 1. The molecule has 30 heavy (non-hydrogen) atoms. The number of piperazine rings is 1. The number of hydrogen-bond donors (Lipinski definition) is 1. The minimum atomic E-state index is -0.642. The number of esters is 1. The van der Waals surface area contributed by atoms with Crippen molar-refractivity contribution in [1.29, 1.82) is 0 Å². The van der Waals surface area contributed by atoms with E-state index in [0.29, 0.717) is 25.9 Å². The molecule has 1 fully saturated rings. The van der Waals surface area contributed by atoms with Crippen LogP contribution in [0, 0.1) is 11.8 Å². The first-order valence-electron chi connectivity index (χ1n) is 10.7. The second kappa shape index (κ2) is 11.6. The lowest BCUT2D eigenvalue weighted by atomic mass is 10.0. The summed E-state index contributed by atoms with van der Waals surface area (Å²) in [7, 11) is 1.32. The van der Waals surface area contributed by atoms with Crippen LogP contribution in [0.4, 0.5) is 5.69 Å². The van der Waals surface area contributed by atoms with Gasteiger partial charge in [-0.25, -0.2) is 4.79 Å². The largest absolute Gasteiger partial charge is 0.467 e. The number of carbonyl (C=O) groups is 3. The lowest BCUT2D eigenvalue weighted by Gasteiger charge is -2.36. The fourth-order valence-corrected chi connectivity index (χ4v) is 3.75. The number of para-hydroxylation sites is 1. The smallest absolute Gasteiger partial charge is 0.328 e. The van der Waals surface area contributed by atoms with Gasteiger partial charge in [0.2, 0.25) is 11.8 Å². The molecule has 1 heterocycles. The number of hydrogen-bond acceptors (Lipinski definition) is 5. The van der Waals surface area contributed by atoms with Gasteiger partial charge in [-0.3, -0.25) is 9.59 Å². The molecule has 166 valence electrons. The Hall–Kier alpha value is -2.57. The molecular formula is C23H35N3O4. The number of nitrogens with zero attached hydrogens (tertiary/aromatic N) is 2. The molecule has 0 aromatic heterocycles. The molecule has 0 spiro atoms. The SMILES string of the molecule is COC(=O)[C@@H](CC(C)C)NC(=O)C[C@@H](C)CC(=O)N1CCN(c2ccccc2)CC1. The summed E-state index contributed by atoms with van der Waals surface area (Å²) in [5, 5.41) is 2.76. The Balaban J connectivity index is 1.77. The third kappa shape index (κ3) is 7.35. The minimum Gasteiger partial charge on any atom is -0.467 e. The average Bonchev–Trinajstić information content (AvgIpc) is 2.72. The van der Waals surface area contributed by atoms with E-state index in [0.717, 1.165) is 13.1 Å². The highest BCUT2D eigenvalue weighted by molar-refractivity contribution is 5.85. The van der Waals surface area contributed by atoms with E-state index in [2.05, 4.69) is 22.3 Å². The third-order valence-electron chi connectivity index (χ3n) is 5.34. The minimum absolute atomic E-state index is 0.0784. The Morgan fingerprint density at radius 1 is 1.00 bits per heavy atom. The second-order valence-electron chi connectivity index (χ2n) is 8.49. The Labute approximate surface area is 179 Å². The molecule has 0 unspecified atom stereocenters. The first-order valence-corrected chi connectivity index (χ1v) is 10.7. The van der Waals surface area contributed by atoms with Gasteiger partial charge in [0.25, 0.3) is 0 Å². The molecule has 1 aliphatic rings. The lowest BCUT2D eigenvalue weighted by molar-refractivity contribution is -0.145. The predicted molar refractivity (Wildman–Crippen MR) is 117 cm³/mol. The molecule has 2 atom stereocenters. The Morgan fingerprint density at radius 2 is 1.63 bits per heavy atom. The molecule has 0 bridgehead atoms. The maximum absolute atomic E-state index is 12.7. The lowest BCUT2D eigenvalue weighted by Crippen LogP contribution is -2.49. The van der Waals surface area contributed by atoms with E-state index in [9.17, 15) is 14.4 Å². The third-order valence-corrected chi connectivity index (χ3v) is 5.34. The molecule has 0 radical (unpaired) electrons.